The van der Waals surface area contributed by atoms with Gasteiger partial charge in [-0.05, 0) is 37.5 Å². The number of nitrogens with one attached hydrogen (secondary N) is 1. The second-order valence-electron chi connectivity index (χ2n) is 4.52. The van der Waals surface area contributed by atoms with Gasteiger partial charge < -0.3 is 5.73 Å². The van der Waals surface area contributed by atoms with E-state index in [1.165, 1.54) is 0 Å². The van der Waals surface area contributed by atoms with E-state index in [2.05, 4.69) is 4.72 Å². The minimum atomic E-state index is -3.39. The molecule has 1 aromatic rings. The second kappa shape index (κ2) is 3.84. The molecule has 0 radical (unpaired) electrons. The lowest BCUT2D eigenvalue weighted by molar-refractivity contribution is 0.558. The van der Waals surface area contributed by atoms with E-state index in [4.69, 9.17) is 5.73 Å². The highest BCUT2D eigenvalue weighted by Gasteiger charge is 2.41. The molecule has 0 atom stereocenters. The zero-order valence-corrected chi connectivity index (χ0v) is 10.0. The standard InChI is InChI=1S/C11H16N2O2S/c1-11(5-6-11)13-16(14,15)10-4-2-3-9(7-10)8-12/h2-4,7,13H,5-6,8,12H2,1H3. The molecule has 16 heavy (non-hydrogen) atoms. The van der Waals surface area contributed by atoms with Crippen LogP contribution in [-0.2, 0) is 16.6 Å². The molecule has 1 aliphatic carbocycles. The number of nitrogens with two attached hydrogens (primary N) is 1. The van der Waals surface area contributed by atoms with Gasteiger partial charge in [0.25, 0.3) is 0 Å². The molecule has 88 valence electrons. The fourth-order valence-corrected chi connectivity index (χ4v) is 3.05. The average Bonchev–Trinajstić information content (AvgIpc) is 2.95. The Morgan fingerprint density at radius 1 is 1.44 bits per heavy atom. The van der Waals surface area contributed by atoms with Crippen molar-refractivity contribution in [2.75, 3.05) is 0 Å². The molecule has 0 aliphatic heterocycles. The Morgan fingerprint density at radius 2 is 2.12 bits per heavy atom. The van der Waals surface area contributed by atoms with Gasteiger partial charge in [-0.25, -0.2) is 13.1 Å². The largest absolute Gasteiger partial charge is 0.326 e. The summed E-state index contributed by atoms with van der Waals surface area (Å²) < 4.78 is 26.7. The highest BCUT2D eigenvalue weighted by atomic mass is 32.2. The molecule has 1 fully saturated rings. The first-order valence-electron chi connectivity index (χ1n) is 5.28. The van der Waals surface area contributed by atoms with Gasteiger partial charge in [0.15, 0.2) is 0 Å². The molecule has 0 heterocycles. The van der Waals surface area contributed by atoms with Gasteiger partial charge in [-0.1, -0.05) is 12.1 Å². The van der Waals surface area contributed by atoms with Crippen molar-refractivity contribution in [3.05, 3.63) is 29.8 Å². The lowest BCUT2D eigenvalue weighted by Crippen LogP contribution is -2.34. The van der Waals surface area contributed by atoms with E-state index in [1.807, 2.05) is 13.0 Å². The van der Waals surface area contributed by atoms with Gasteiger partial charge in [0.2, 0.25) is 10.0 Å². The van der Waals surface area contributed by atoms with Gasteiger partial charge in [-0.2, -0.15) is 0 Å². The number of benzene rings is 1. The van der Waals surface area contributed by atoms with E-state index < -0.39 is 10.0 Å². The third kappa shape index (κ3) is 2.42. The summed E-state index contributed by atoms with van der Waals surface area (Å²) in [4.78, 5) is 0.295. The van der Waals surface area contributed by atoms with Crippen molar-refractivity contribution in [2.45, 2.75) is 36.7 Å². The van der Waals surface area contributed by atoms with E-state index >= 15 is 0 Å². The van der Waals surface area contributed by atoms with Crippen LogP contribution in [-0.4, -0.2) is 14.0 Å². The number of hydrogen-bond acceptors (Lipinski definition) is 3. The van der Waals surface area contributed by atoms with Crippen molar-refractivity contribution in [1.29, 1.82) is 0 Å². The van der Waals surface area contributed by atoms with Crippen molar-refractivity contribution < 1.29 is 8.42 Å². The van der Waals surface area contributed by atoms with Gasteiger partial charge >= 0.3 is 0 Å². The summed E-state index contributed by atoms with van der Waals surface area (Å²) in [7, 11) is -3.39. The second-order valence-corrected chi connectivity index (χ2v) is 6.20. The molecule has 1 saturated carbocycles. The number of hydrogen-bond donors (Lipinski definition) is 2. The lowest BCUT2D eigenvalue weighted by atomic mass is 10.2. The SMILES string of the molecule is CC1(NS(=O)(=O)c2cccc(CN)c2)CC1. The predicted octanol–water partition coefficient (Wildman–Crippen LogP) is 0.976. The molecule has 0 saturated heterocycles. The topological polar surface area (TPSA) is 72.2 Å². The van der Waals surface area contributed by atoms with E-state index in [1.54, 1.807) is 18.2 Å². The molecule has 0 amide bonds. The van der Waals surface area contributed by atoms with Gasteiger partial charge in [0.1, 0.15) is 0 Å². The maximum Gasteiger partial charge on any atom is 0.241 e. The zero-order valence-electron chi connectivity index (χ0n) is 9.23. The molecule has 4 nitrogen and oxygen atoms in total. The van der Waals surface area contributed by atoms with E-state index in [0.717, 1.165) is 18.4 Å². The van der Waals surface area contributed by atoms with Gasteiger partial charge in [-0.3, -0.25) is 0 Å². The van der Waals surface area contributed by atoms with Crippen LogP contribution in [0.15, 0.2) is 29.2 Å². The first kappa shape index (κ1) is 11.6. The summed E-state index contributed by atoms with van der Waals surface area (Å²) in [6.45, 7) is 2.26. The number of rotatable bonds is 4. The summed E-state index contributed by atoms with van der Waals surface area (Å²) in [5.41, 5.74) is 6.07. The fourth-order valence-electron chi connectivity index (χ4n) is 1.51. The maximum absolute atomic E-state index is 12.0. The summed E-state index contributed by atoms with van der Waals surface area (Å²) in [5, 5.41) is 0. The highest BCUT2D eigenvalue weighted by molar-refractivity contribution is 7.89. The fraction of sp³-hybridized carbons (Fsp3) is 0.455. The molecule has 0 unspecified atom stereocenters. The van der Waals surface area contributed by atoms with Crippen molar-refractivity contribution in [3.63, 3.8) is 0 Å². The molecule has 1 aliphatic rings. The Kier molecular flexibility index (Phi) is 2.77. The van der Waals surface area contributed by atoms with Crippen LogP contribution < -0.4 is 10.5 Å². The van der Waals surface area contributed by atoms with E-state index in [0.29, 0.717) is 11.4 Å². The first-order chi connectivity index (χ1) is 7.45. The summed E-state index contributed by atoms with van der Waals surface area (Å²) >= 11 is 0. The summed E-state index contributed by atoms with van der Waals surface area (Å²) in [6.07, 6.45) is 1.81. The Hall–Kier alpha value is -0.910. The van der Waals surface area contributed by atoms with Crippen LogP contribution in [0.2, 0.25) is 0 Å². The van der Waals surface area contributed by atoms with Crippen molar-refractivity contribution >= 4 is 10.0 Å². The van der Waals surface area contributed by atoms with Crippen LogP contribution in [0, 0.1) is 0 Å². The Bertz CT molecular complexity index is 492. The highest BCUT2D eigenvalue weighted by Crippen LogP contribution is 2.35. The van der Waals surface area contributed by atoms with Crippen LogP contribution >= 0.6 is 0 Å². The smallest absolute Gasteiger partial charge is 0.241 e. The molecule has 5 heteroatoms. The molecular formula is C11H16N2O2S. The third-order valence-corrected chi connectivity index (χ3v) is 4.46. The van der Waals surface area contributed by atoms with Gasteiger partial charge in [0, 0.05) is 12.1 Å². The average molecular weight is 240 g/mol. The summed E-state index contributed by atoms with van der Waals surface area (Å²) in [5.74, 6) is 0. The molecule has 2 rings (SSSR count). The normalized spacial score (nSPS) is 18.4. The molecule has 0 bridgehead atoms. The molecular weight excluding hydrogens is 224 g/mol. The van der Waals surface area contributed by atoms with Crippen molar-refractivity contribution in [2.24, 2.45) is 5.73 Å². The number of sulfonamides is 1. The van der Waals surface area contributed by atoms with E-state index in [-0.39, 0.29) is 5.54 Å². The first-order valence-corrected chi connectivity index (χ1v) is 6.77. The Labute approximate surface area is 95.9 Å². The molecule has 1 aromatic carbocycles. The van der Waals surface area contributed by atoms with Crippen LogP contribution in [0.5, 0.6) is 0 Å². The zero-order chi connectivity index (χ0) is 11.8. The Balaban J connectivity index is 2.28. The van der Waals surface area contributed by atoms with Crippen molar-refractivity contribution in [3.8, 4) is 0 Å². The summed E-state index contributed by atoms with van der Waals surface area (Å²) in [6, 6.07) is 6.74. The van der Waals surface area contributed by atoms with Crippen LogP contribution in [0.1, 0.15) is 25.3 Å². The van der Waals surface area contributed by atoms with Gasteiger partial charge in [-0.15, -0.1) is 0 Å². The van der Waals surface area contributed by atoms with Crippen LogP contribution in [0.25, 0.3) is 0 Å². The van der Waals surface area contributed by atoms with Crippen molar-refractivity contribution in [1.82, 2.24) is 4.72 Å². The molecule has 0 spiro atoms. The minimum Gasteiger partial charge on any atom is -0.326 e. The lowest BCUT2D eigenvalue weighted by Gasteiger charge is -2.12. The predicted molar refractivity (Wildman–Crippen MR) is 62.3 cm³/mol. The van der Waals surface area contributed by atoms with E-state index in [9.17, 15) is 8.42 Å². The molecule has 0 aromatic heterocycles. The third-order valence-electron chi connectivity index (χ3n) is 2.83. The Morgan fingerprint density at radius 3 is 2.69 bits per heavy atom. The van der Waals surface area contributed by atoms with Crippen LogP contribution in [0.4, 0.5) is 0 Å². The molecule has 3 N–H and O–H groups in total. The van der Waals surface area contributed by atoms with Gasteiger partial charge in [0.05, 0.1) is 4.90 Å². The quantitative estimate of drug-likeness (QED) is 0.824. The maximum atomic E-state index is 12.0. The monoisotopic (exact) mass is 240 g/mol. The van der Waals surface area contributed by atoms with Crippen LogP contribution in [0.3, 0.4) is 0 Å². The minimum absolute atomic E-state index is 0.239.